The van der Waals surface area contributed by atoms with Crippen LogP contribution in [0, 0.1) is 13.8 Å². The summed E-state index contributed by atoms with van der Waals surface area (Å²) in [5.41, 5.74) is 0.971. The highest BCUT2D eigenvalue weighted by molar-refractivity contribution is 5.81. The second-order valence-electron chi connectivity index (χ2n) is 5.31. The zero-order valence-electron chi connectivity index (χ0n) is 21.1. The fourth-order valence-electron chi connectivity index (χ4n) is 2.17. The number of benzene rings is 1. The van der Waals surface area contributed by atoms with Gasteiger partial charge in [-0.3, -0.25) is 4.79 Å². The Bertz CT molecular complexity index is 1180. The van der Waals surface area contributed by atoms with Crippen LogP contribution in [-0.4, -0.2) is 34.2 Å². The Hall–Kier alpha value is -2.62. The maximum absolute atomic E-state index is 12.9. The summed E-state index contributed by atoms with van der Waals surface area (Å²) in [5, 5.41) is 0. The number of hydrogen-bond acceptors (Lipinski definition) is 2. The minimum absolute atomic E-state index is 0.00397. The summed E-state index contributed by atoms with van der Waals surface area (Å²) >= 11 is 0. The topological polar surface area (TPSA) is 37.6 Å². The number of carbonyl (C=O) groups is 1. The molecule has 0 saturated carbocycles. The Morgan fingerprint density at radius 1 is 1.30 bits per heavy atom. The van der Waals surface area contributed by atoms with Crippen molar-refractivity contribution in [1.82, 2.24) is 14.3 Å². The minimum atomic E-state index is -2.89. The summed E-state index contributed by atoms with van der Waals surface area (Å²) in [7, 11) is 0.979. The van der Waals surface area contributed by atoms with E-state index < -0.39 is 19.3 Å². The van der Waals surface area contributed by atoms with Gasteiger partial charge in [-0.2, -0.15) is 0 Å². The van der Waals surface area contributed by atoms with Crippen LogP contribution in [0.5, 0.6) is 0 Å². The summed E-state index contributed by atoms with van der Waals surface area (Å²) in [6.45, 7) is 0.439. The van der Waals surface area contributed by atoms with Gasteiger partial charge in [0.2, 0.25) is 5.91 Å². The number of amides is 1. The Kier molecular flexibility index (Phi) is 2.12. The molecule has 3 aromatic rings. The molecule has 0 N–H and O–H groups in total. The molecule has 0 atom stereocenters. The summed E-state index contributed by atoms with van der Waals surface area (Å²) in [6.07, 6.45) is -3.19. The molecule has 0 aliphatic rings. The highest BCUT2D eigenvalue weighted by Crippen LogP contribution is 2.26. The molecule has 0 unspecified atom stereocenters. The smallest absolute Gasteiger partial charge is 0.228 e. The third kappa shape index (κ3) is 2.97. The standard InChI is InChI=1S/C19H21N3O/c1-13-5-8-15(9-6-13)19-16(11-18(23)21(3)4)22-12-14(2)7-10-17(22)20-19/h5-10,12H,11H2,1-4H3/i3D3,7D,10D,11D2,12D. The Morgan fingerprint density at radius 2 is 2.04 bits per heavy atom. The van der Waals surface area contributed by atoms with Crippen LogP contribution < -0.4 is 0 Å². The van der Waals surface area contributed by atoms with Crippen molar-refractivity contribution >= 4 is 11.6 Å². The highest BCUT2D eigenvalue weighted by Gasteiger charge is 2.18. The molecule has 4 heteroatoms. The van der Waals surface area contributed by atoms with Crippen LogP contribution in [0.25, 0.3) is 16.9 Å². The van der Waals surface area contributed by atoms with Gasteiger partial charge in [0.05, 0.1) is 21.9 Å². The van der Waals surface area contributed by atoms with E-state index in [1.807, 2.05) is 6.92 Å². The number of aryl methyl sites for hydroxylation is 1. The van der Waals surface area contributed by atoms with E-state index in [0.29, 0.717) is 10.5 Å². The molecule has 0 radical (unpaired) electrons. The van der Waals surface area contributed by atoms with Gasteiger partial charge in [-0.15, -0.1) is 0 Å². The molecular formula is C19H21N3O. The molecule has 0 aliphatic heterocycles. The van der Waals surface area contributed by atoms with Gasteiger partial charge in [0.15, 0.2) is 0 Å². The Morgan fingerprint density at radius 3 is 2.74 bits per heavy atom. The first-order chi connectivity index (χ1) is 14.2. The first kappa shape index (κ1) is 8.29. The third-order valence-corrected chi connectivity index (χ3v) is 3.37. The second-order valence-corrected chi connectivity index (χ2v) is 5.31. The molecule has 0 bridgehead atoms. The molecule has 1 aromatic carbocycles. The predicted octanol–water partition coefficient (Wildman–Crippen LogP) is 3.25. The molecule has 1 amide bonds. The lowest BCUT2D eigenvalue weighted by Crippen LogP contribution is -2.24. The van der Waals surface area contributed by atoms with E-state index in [1.165, 1.54) is 6.92 Å². The molecule has 118 valence electrons. The number of pyridine rings is 1. The van der Waals surface area contributed by atoms with Gasteiger partial charge in [0, 0.05) is 32.6 Å². The van der Waals surface area contributed by atoms with Crippen molar-refractivity contribution in [3.8, 4) is 11.3 Å². The maximum Gasteiger partial charge on any atom is 0.228 e. The van der Waals surface area contributed by atoms with Crippen LogP contribution in [0.4, 0.5) is 0 Å². The average Bonchev–Trinajstić information content (AvgIpc) is 3.11. The van der Waals surface area contributed by atoms with Crippen LogP contribution in [0.3, 0.4) is 0 Å². The van der Waals surface area contributed by atoms with Gasteiger partial charge in [0.1, 0.15) is 5.65 Å². The van der Waals surface area contributed by atoms with Crippen molar-refractivity contribution < 1.29 is 15.8 Å². The van der Waals surface area contributed by atoms with Crippen LogP contribution in [0.15, 0.2) is 42.5 Å². The van der Waals surface area contributed by atoms with Gasteiger partial charge in [-0.05, 0) is 25.5 Å². The number of rotatable bonds is 3. The lowest BCUT2D eigenvalue weighted by molar-refractivity contribution is -0.128. The van der Waals surface area contributed by atoms with E-state index in [2.05, 4.69) is 4.98 Å². The lowest BCUT2D eigenvalue weighted by atomic mass is 10.1. The number of nitrogens with zero attached hydrogens (tertiary/aromatic N) is 3. The third-order valence-electron chi connectivity index (χ3n) is 3.37. The summed E-state index contributed by atoms with van der Waals surface area (Å²) < 4.78 is 65.4. The Labute approximate surface area is 147 Å². The van der Waals surface area contributed by atoms with Gasteiger partial charge in [-0.1, -0.05) is 35.9 Å². The van der Waals surface area contributed by atoms with E-state index in [9.17, 15) is 4.79 Å². The van der Waals surface area contributed by atoms with Gasteiger partial charge in [0.25, 0.3) is 0 Å². The molecular weight excluding hydrogens is 286 g/mol. The number of hydrogen-bond donors (Lipinski definition) is 0. The fraction of sp³-hybridized carbons (Fsp3) is 0.263. The molecule has 0 fully saturated rings. The number of carbonyl (C=O) groups excluding carboxylic acids is 1. The summed E-state index contributed by atoms with van der Waals surface area (Å²) in [5.74, 6) is -1.33. The zero-order chi connectivity index (χ0) is 23.5. The van der Waals surface area contributed by atoms with Crippen LogP contribution in [0.1, 0.15) is 27.8 Å². The van der Waals surface area contributed by atoms with Gasteiger partial charge < -0.3 is 9.30 Å². The molecule has 2 aromatic heterocycles. The monoisotopic (exact) mass is 315 g/mol. The number of likely N-dealkylation sites (N-methyl/N-ethyl adjacent to an activating group) is 1. The van der Waals surface area contributed by atoms with E-state index >= 15 is 0 Å². The number of imidazole rings is 1. The predicted molar refractivity (Wildman–Crippen MR) is 92.5 cm³/mol. The van der Waals surface area contributed by atoms with Crippen LogP contribution >= 0.6 is 0 Å². The molecule has 4 nitrogen and oxygen atoms in total. The lowest BCUT2D eigenvalue weighted by Gasteiger charge is -2.11. The normalized spacial score (nSPS) is 17.2. The average molecular weight is 315 g/mol. The molecule has 3 rings (SSSR count). The van der Waals surface area contributed by atoms with E-state index in [-0.39, 0.29) is 40.9 Å². The van der Waals surface area contributed by atoms with Crippen molar-refractivity contribution in [3.63, 3.8) is 0 Å². The molecule has 0 aliphatic carbocycles. The van der Waals surface area contributed by atoms with Crippen molar-refractivity contribution in [1.29, 1.82) is 0 Å². The Balaban J connectivity index is 2.44. The quantitative estimate of drug-likeness (QED) is 0.744. The largest absolute Gasteiger partial charge is 0.348 e. The van der Waals surface area contributed by atoms with Gasteiger partial charge >= 0.3 is 0 Å². The fourth-order valence-corrected chi connectivity index (χ4v) is 2.17. The molecule has 2 heterocycles. The molecule has 0 spiro atoms. The minimum Gasteiger partial charge on any atom is -0.348 e. The molecule has 23 heavy (non-hydrogen) atoms. The summed E-state index contributed by atoms with van der Waals surface area (Å²) in [6, 6.07) is 6.31. The second kappa shape index (κ2) is 5.88. The van der Waals surface area contributed by atoms with E-state index in [0.717, 1.165) is 17.0 Å². The molecule has 0 saturated heterocycles. The highest BCUT2D eigenvalue weighted by atomic mass is 16.2. The number of aromatic nitrogens is 2. The van der Waals surface area contributed by atoms with Crippen LogP contribution in [0.2, 0.25) is 0 Å². The van der Waals surface area contributed by atoms with E-state index in [4.69, 9.17) is 11.0 Å². The number of fused-ring (bicyclic) bond motifs is 1. The maximum atomic E-state index is 12.9. The van der Waals surface area contributed by atoms with Crippen molar-refractivity contribution in [2.24, 2.45) is 0 Å². The van der Waals surface area contributed by atoms with Crippen molar-refractivity contribution in [3.05, 3.63) is 59.3 Å². The SMILES string of the molecule is [2H]c1c(C)c([2H])n2c(C([2H])([2H])C(=O)N(C)C([2H])([2H])[2H])c(-c3ccc(C)cc3)nc2c1[2H]. The zero-order valence-corrected chi connectivity index (χ0v) is 13.1. The first-order valence-electron chi connectivity index (χ1n) is 11.0. The first-order valence-corrected chi connectivity index (χ1v) is 7.04. The summed E-state index contributed by atoms with van der Waals surface area (Å²) in [4.78, 5) is 17.6. The van der Waals surface area contributed by atoms with Gasteiger partial charge in [-0.25, -0.2) is 4.98 Å². The van der Waals surface area contributed by atoms with Crippen molar-refractivity contribution in [2.75, 3.05) is 14.0 Å². The van der Waals surface area contributed by atoms with Crippen LogP contribution in [-0.2, 0) is 11.2 Å². The van der Waals surface area contributed by atoms with Crippen molar-refractivity contribution in [2.45, 2.75) is 20.2 Å². The van der Waals surface area contributed by atoms with E-state index in [1.54, 1.807) is 24.3 Å².